The lowest BCUT2D eigenvalue weighted by molar-refractivity contribution is -0.120. The van der Waals surface area contributed by atoms with E-state index < -0.39 is 5.54 Å². The van der Waals surface area contributed by atoms with Crippen molar-refractivity contribution in [1.29, 1.82) is 0 Å². The summed E-state index contributed by atoms with van der Waals surface area (Å²) >= 11 is 0. The van der Waals surface area contributed by atoms with Crippen molar-refractivity contribution in [3.8, 4) is 0 Å². The van der Waals surface area contributed by atoms with Crippen LogP contribution in [0.3, 0.4) is 0 Å². The Labute approximate surface area is 181 Å². The number of anilines is 2. The second-order valence-electron chi connectivity index (χ2n) is 8.54. The van der Waals surface area contributed by atoms with Gasteiger partial charge in [-0.1, -0.05) is 32.0 Å². The Morgan fingerprint density at radius 3 is 2.42 bits per heavy atom. The van der Waals surface area contributed by atoms with Crippen molar-refractivity contribution in [2.24, 2.45) is 5.18 Å². The average molecular weight is 422 g/mol. The van der Waals surface area contributed by atoms with Crippen LogP contribution >= 0.6 is 0 Å². The number of nitrogens with zero attached hydrogens (tertiary/aromatic N) is 3. The van der Waals surface area contributed by atoms with Gasteiger partial charge in [-0.15, -0.1) is 4.91 Å². The predicted octanol–water partition coefficient (Wildman–Crippen LogP) is 4.52. The Hall–Kier alpha value is -3.42. The summed E-state index contributed by atoms with van der Waals surface area (Å²) in [7, 11) is 0. The summed E-state index contributed by atoms with van der Waals surface area (Å²) in [5.41, 5.74) is 5.44. The fourth-order valence-electron chi connectivity index (χ4n) is 4.52. The van der Waals surface area contributed by atoms with Crippen molar-refractivity contribution in [2.75, 3.05) is 23.3 Å². The number of hydrazine groups is 1. The molecule has 2 heterocycles. The Morgan fingerprint density at radius 2 is 1.77 bits per heavy atom. The molecule has 0 radical (unpaired) electrons. The lowest BCUT2D eigenvalue weighted by Gasteiger charge is -2.43. The highest BCUT2D eigenvalue weighted by molar-refractivity contribution is 5.94. The van der Waals surface area contributed by atoms with Crippen molar-refractivity contribution in [3.63, 3.8) is 0 Å². The topological polar surface area (TPSA) is 94.1 Å². The summed E-state index contributed by atoms with van der Waals surface area (Å²) in [6.07, 6.45) is 1.63. The van der Waals surface area contributed by atoms with Gasteiger partial charge in [0.15, 0.2) is 0 Å². The van der Waals surface area contributed by atoms with Crippen LogP contribution in [0.4, 0.5) is 21.9 Å². The van der Waals surface area contributed by atoms with Gasteiger partial charge in [-0.25, -0.2) is 9.80 Å². The third-order valence-electron chi connectivity index (χ3n) is 6.24. The molecule has 2 aromatic rings. The van der Waals surface area contributed by atoms with E-state index >= 15 is 0 Å². The Balaban J connectivity index is 1.48. The molecule has 1 spiro atoms. The molecule has 31 heavy (non-hydrogen) atoms. The number of nitrogens with one attached hydrogen (secondary N) is 2. The second kappa shape index (κ2) is 8.37. The number of hydrogen-bond acceptors (Lipinski definition) is 5. The van der Waals surface area contributed by atoms with Crippen LogP contribution in [0, 0.1) is 4.91 Å². The number of hydrogen-bond donors (Lipinski definition) is 2. The molecule has 0 unspecified atom stereocenters. The van der Waals surface area contributed by atoms with Gasteiger partial charge < -0.3 is 10.2 Å². The largest absolute Gasteiger partial charge is 0.371 e. The molecule has 2 aliphatic rings. The minimum Gasteiger partial charge on any atom is -0.371 e. The molecule has 4 rings (SSSR count). The van der Waals surface area contributed by atoms with Gasteiger partial charge in [0.05, 0.1) is 12.0 Å². The fourth-order valence-corrected chi connectivity index (χ4v) is 4.52. The van der Waals surface area contributed by atoms with Crippen LogP contribution in [-0.2, 0) is 4.79 Å². The maximum Gasteiger partial charge on any atom is 0.341 e. The number of para-hydroxylation sites is 1. The number of amides is 3. The third-order valence-corrected chi connectivity index (χ3v) is 6.24. The van der Waals surface area contributed by atoms with Crippen LogP contribution in [0.5, 0.6) is 0 Å². The number of carbonyl (C=O) groups excluding carboxylic acids is 2. The van der Waals surface area contributed by atoms with Gasteiger partial charge in [0, 0.05) is 24.5 Å². The number of urea groups is 1. The van der Waals surface area contributed by atoms with Crippen molar-refractivity contribution >= 4 is 29.0 Å². The molecule has 2 saturated heterocycles. The zero-order chi connectivity index (χ0) is 22.0. The number of rotatable bonds is 4. The fraction of sp³-hybridized carbons (Fsp3) is 0.391. The van der Waals surface area contributed by atoms with Crippen molar-refractivity contribution in [1.82, 2.24) is 10.4 Å². The van der Waals surface area contributed by atoms with Crippen LogP contribution in [0.25, 0.3) is 0 Å². The van der Waals surface area contributed by atoms with Crippen molar-refractivity contribution < 1.29 is 9.59 Å². The van der Waals surface area contributed by atoms with Crippen molar-refractivity contribution in [3.05, 3.63) is 59.0 Å². The first-order chi connectivity index (χ1) is 14.9. The number of carbonyl (C=O) groups is 2. The highest BCUT2D eigenvalue weighted by Crippen LogP contribution is 2.37. The van der Waals surface area contributed by atoms with Gasteiger partial charge >= 0.3 is 6.03 Å². The van der Waals surface area contributed by atoms with E-state index in [1.54, 1.807) is 12.1 Å². The van der Waals surface area contributed by atoms with Crippen molar-refractivity contribution in [2.45, 2.75) is 44.6 Å². The number of benzene rings is 2. The highest BCUT2D eigenvalue weighted by atomic mass is 16.3. The van der Waals surface area contributed by atoms with Gasteiger partial charge in [0.1, 0.15) is 5.69 Å². The van der Waals surface area contributed by atoms with Crippen LogP contribution in [-0.4, -0.2) is 35.6 Å². The molecular weight excluding hydrogens is 394 g/mol. The molecule has 0 aliphatic carbocycles. The lowest BCUT2D eigenvalue weighted by atomic mass is 9.84. The molecule has 0 saturated carbocycles. The molecule has 2 aromatic carbocycles. The summed E-state index contributed by atoms with van der Waals surface area (Å²) in [5.74, 6) is 0.129. The van der Waals surface area contributed by atoms with Gasteiger partial charge in [-0.05, 0) is 59.8 Å². The van der Waals surface area contributed by atoms with E-state index in [0.717, 1.165) is 16.9 Å². The Bertz CT molecular complexity index is 981. The summed E-state index contributed by atoms with van der Waals surface area (Å²) in [6, 6.07) is 14.6. The zero-order valence-electron chi connectivity index (χ0n) is 17.8. The summed E-state index contributed by atoms with van der Waals surface area (Å²) < 4.78 is 0. The first kappa shape index (κ1) is 20.8. The van der Waals surface area contributed by atoms with E-state index in [1.807, 2.05) is 36.4 Å². The molecule has 0 aromatic heterocycles. The maximum atomic E-state index is 13.2. The molecule has 0 atom stereocenters. The van der Waals surface area contributed by atoms with Gasteiger partial charge in [-0.2, -0.15) is 0 Å². The molecule has 3 amide bonds. The summed E-state index contributed by atoms with van der Waals surface area (Å²) in [5, 5.41) is 7.44. The van der Waals surface area contributed by atoms with E-state index in [1.165, 1.54) is 5.01 Å². The lowest BCUT2D eigenvalue weighted by Crippen LogP contribution is -2.58. The minimum atomic E-state index is -0.547. The first-order valence-electron chi connectivity index (χ1n) is 10.6. The monoisotopic (exact) mass is 421 g/mol. The molecule has 8 nitrogen and oxygen atoms in total. The number of piperidine rings is 1. The summed E-state index contributed by atoms with van der Waals surface area (Å²) in [4.78, 5) is 38.3. The molecule has 0 bridgehead atoms. The predicted molar refractivity (Wildman–Crippen MR) is 120 cm³/mol. The first-order valence-corrected chi connectivity index (χ1v) is 10.6. The number of nitroso groups, excluding NO2 is 1. The zero-order valence-corrected chi connectivity index (χ0v) is 17.8. The van der Waals surface area contributed by atoms with Gasteiger partial charge in [-0.3, -0.25) is 10.2 Å². The SMILES string of the molecule is CC(C)c1ccccc1NC(=O)N1NC(=O)CC12CCN(c1ccc(N=O)cc1)CC2. The van der Waals surface area contributed by atoms with Gasteiger partial charge in [0.2, 0.25) is 5.91 Å². The van der Waals surface area contributed by atoms with Crippen LogP contribution in [0.15, 0.2) is 53.7 Å². The van der Waals surface area contributed by atoms with E-state index in [-0.39, 0.29) is 17.9 Å². The summed E-state index contributed by atoms with van der Waals surface area (Å²) in [6.45, 7) is 5.57. The van der Waals surface area contributed by atoms with E-state index in [0.29, 0.717) is 38.0 Å². The Kier molecular flexibility index (Phi) is 5.63. The molecular formula is C23H27N5O3. The third kappa shape index (κ3) is 4.10. The van der Waals surface area contributed by atoms with Gasteiger partial charge in [0.25, 0.3) is 0 Å². The maximum absolute atomic E-state index is 13.2. The quantitative estimate of drug-likeness (QED) is 0.710. The minimum absolute atomic E-state index is 0.137. The van der Waals surface area contributed by atoms with Crippen LogP contribution in [0.2, 0.25) is 0 Å². The van der Waals surface area contributed by atoms with E-state index in [4.69, 9.17) is 0 Å². The highest BCUT2D eigenvalue weighted by Gasteiger charge is 2.49. The molecule has 2 fully saturated rings. The smallest absolute Gasteiger partial charge is 0.341 e. The van der Waals surface area contributed by atoms with Crippen LogP contribution in [0.1, 0.15) is 44.6 Å². The van der Waals surface area contributed by atoms with E-state index in [9.17, 15) is 14.5 Å². The van der Waals surface area contributed by atoms with E-state index in [2.05, 4.69) is 34.7 Å². The second-order valence-corrected chi connectivity index (χ2v) is 8.54. The molecule has 8 heteroatoms. The average Bonchev–Trinajstić information content (AvgIpc) is 3.10. The normalized spacial score (nSPS) is 17.7. The Morgan fingerprint density at radius 1 is 1.10 bits per heavy atom. The molecule has 162 valence electrons. The molecule has 2 aliphatic heterocycles. The van der Waals surface area contributed by atoms with Crippen LogP contribution < -0.4 is 15.6 Å². The standard InChI is InChI=1S/C23H27N5O3/c1-16(2)19-5-3-4-6-20(19)24-22(30)28-23(15-21(29)25-28)11-13-27(14-12-23)18-9-7-17(26-31)8-10-18/h3-10,16H,11-15H2,1-2H3,(H,24,30)(H,25,29). The molecule has 2 N–H and O–H groups in total.